The van der Waals surface area contributed by atoms with Crippen molar-refractivity contribution in [2.45, 2.75) is 68.6 Å². The molecule has 0 saturated heterocycles. The molecule has 1 N–H and O–H groups in total. The molecule has 0 aromatic carbocycles. The van der Waals surface area contributed by atoms with Crippen molar-refractivity contribution in [3.63, 3.8) is 0 Å². The Labute approximate surface area is 188 Å². The molecule has 182 valence electrons. The molecule has 0 aliphatic heterocycles. The van der Waals surface area contributed by atoms with Crippen molar-refractivity contribution >= 4 is 29.7 Å². The van der Waals surface area contributed by atoms with E-state index in [1.807, 2.05) is 18.9 Å². The first-order valence-electron chi connectivity index (χ1n) is 9.00. The van der Waals surface area contributed by atoms with Crippen LogP contribution in [-0.2, 0) is 28.6 Å². The number of thioether (sulfide) groups is 1. The summed E-state index contributed by atoms with van der Waals surface area (Å²) in [5, 5.41) is 9.61. The standard InChI is InChI=1S/C18H33NO7S.3CH4/c1-6-9-19(4)10-7-15(21)26-16(22)12-25-14(20)8-11-27-13-18(2,3)17(23)24-5;;;/h16,22H,6-13H2,1-5H3;3*1H4. The first-order valence-corrected chi connectivity index (χ1v) is 10.2. The van der Waals surface area contributed by atoms with Crippen LogP contribution in [0.15, 0.2) is 0 Å². The highest BCUT2D eigenvalue weighted by Crippen LogP contribution is 2.23. The van der Waals surface area contributed by atoms with Crippen LogP contribution in [0.3, 0.4) is 0 Å². The highest BCUT2D eigenvalue weighted by atomic mass is 32.2. The van der Waals surface area contributed by atoms with Crippen LogP contribution in [-0.4, -0.2) is 79.6 Å². The van der Waals surface area contributed by atoms with Crippen molar-refractivity contribution in [2.75, 3.05) is 45.4 Å². The number of hydrogen-bond donors (Lipinski definition) is 1. The summed E-state index contributed by atoms with van der Waals surface area (Å²) in [5.74, 6) is -0.361. The minimum atomic E-state index is -1.47. The maximum atomic E-state index is 11.6. The van der Waals surface area contributed by atoms with Crippen LogP contribution < -0.4 is 0 Å². The summed E-state index contributed by atoms with van der Waals surface area (Å²) in [5.41, 5.74) is -0.626. The molecule has 8 nitrogen and oxygen atoms in total. The summed E-state index contributed by atoms with van der Waals surface area (Å²) < 4.78 is 14.4. The molecule has 0 aromatic heterocycles. The Bertz CT molecular complexity index is 472. The van der Waals surface area contributed by atoms with Gasteiger partial charge in [0.1, 0.15) is 0 Å². The molecular formula is C21H45NO7S. The molecule has 30 heavy (non-hydrogen) atoms. The Balaban J connectivity index is -0.00000113. The molecular weight excluding hydrogens is 410 g/mol. The fourth-order valence-corrected chi connectivity index (χ4v) is 3.16. The molecule has 0 rings (SSSR count). The number of rotatable bonds is 14. The van der Waals surface area contributed by atoms with Gasteiger partial charge in [-0.3, -0.25) is 14.4 Å². The van der Waals surface area contributed by atoms with Crippen molar-refractivity contribution in [1.29, 1.82) is 0 Å². The lowest BCUT2D eigenvalue weighted by molar-refractivity contribution is -0.182. The number of nitrogens with zero attached hydrogens (tertiary/aromatic N) is 1. The Morgan fingerprint density at radius 1 is 1.07 bits per heavy atom. The molecule has 1 atom stereocenters. The van der Waals surface area contributed by atoms with Gasteiger partial charge in [0.25, 0.3) is 0 Å². The second kappa shape index (κ2) is 19.6. The third-order valence-electron chi connectivity index (χ3n) is 3.61. The number of aliphatic hydroxyl groups excluding tert-OH is 1. The van der Waals surface area contributed by atoms with Gasteiger partial charge in [-0.25, -0.2) is 0 Å². The first kappa shape index (κ1) is 36.1. The normalized spacial score (nSPS) is 11.3. The SMILES string of the molecule is C.C.C.CCCN(C)CCC(=O)OC(O)COC(=O)CCSCC(C)(C)C(=O)OC. The smallest absolute Gasteiger partial charge is 0.312 e. The molecule has 0 amide bonds. The zero-order chi connectivity index (χ0) is 20.9. The third kappa shape index (κ3) is 17.5. The fraction of sp³-hybridized carbons (Fsp3) is 0.857. The topological polar surface area (TPSA) is 102 Å². The predicted octanol–water partition coefficient (Wildman–Crippen LogP) is 3.35. The Kier molecular flexibility index (Phi) is 23.6. The van der Waals surface area contributed by atoms with Gasteiger partial charge in [-0.1, -0.05) is 29.2 Å². The maximum Gasteiger partial charge on any atom is 0.312 e. The van der Waals surface area contributed by atoms with Crippen LogP contribution in [0.25, 0.3) is 0 Å². The van der Waals surface area contributed by atoms with Gasteiger partial charge in [0.2, 0.25) is 6.29 Å². The van der Waals surface area contributed by atoms with E-state index >= 15 is 0 Å². The number of carbonyl (C=O) groups excluding carboxylic acids is 3. The number of ether oxygens (including phenoxy) is 3. The summed E-state index contributed by atoms with van der Waals surface area (Å²) in [4.78, 5) is 36.8. The van der Waals surface area contributed by atoms with Crippen LogP contribution in [0.4, 0.5) is 0 Å². The van der Waals surface area contributed by atoms with Crippen molar-refractivity contribution in [2.24, 2.45) is 5.41 Å². The molecule has 0 saturated carbocycles. The number of aliphatic hydroxyl groups is 1. The third-order valence-corrected chi connectivity index (χ3v) is 5.03. The molecule has 1 unspecified atom stereocenters. The summed E-state index contributed by atoms with van der Waals surface area (Å²) in [6.07, 6.45) is -0.190. The number of esters is 3. The summed E-state index contributed by atoms with van der Waals surface area (Å²) in [6.45, 7) is 6.61. The lowest BCUT2D eigenvalue weighted by Crippen LogP contribution is -2.28. The van der Waals surface area contributed by atoms with E-state index in [2.05, 4.69) is 0 Å². The summed E-state index contributed by atoms with van der Waals surface area (Å²) in [7, 11) is 3.24. The van der Waals surface area contributed by atoms with Crippen molar-refractivity contribution in [3.05, 3.63) is 0 Å². The molecule has 0 aliphatic rings. The molecule has 0 heterocycles. The first-order chi connectivity index (χ1) is 12.6. The van der Waals surface area contributed by atoms with Gasteiger partial charge in [-0.15, -0.1) is 0 Å². The van der Waals surface area contributed by atoms with Crippen LogP contribution in [0.1, 0.15) is 62.3 Å². The van der Waals surface area contributed by atoms with Gasteiger partial charge in [0.15, 0.2) is 6.61 Å². The maximum absolute atomic E-state index is 11.6. The van der Waals surface area contributed by atoms with Gasteiger partial charge < -0.3 is 24.2 Å². The molecule has 0 fully saturated rings. The van der Waals surface area contributed by atoms with Gasteiger partial charge >= 0.3 is 17.9 Å². The fourth-order valence-electron chi connectivity index (χ4n) is 2.07. The minimum Gasteiger partial charge on any atom is -0.469 e. The molecule has 0 bridgehead atoms. The van der Waals surface area contributed by atoms with E-state index in [-0.39, 0.29) is 41.1 Å². The largest absolute Gasteiger partial charge is 0.469 e. The predicted molar refractivity (Wildman–Crippen MR) is 123 cm³/mol. The van der Waals surface area contributed by atoms with E-state index in [1.54, 1.807) is 13.8 Å². The summed E-state index contributed by atoms with van der Waals surface area (Å²) >= 11 is 1.44. The van der Waals surface area contributed by atoms with Crippen molar-refractivity contribution < 1.29 is 33.7 Å². The Morgan fingerprint density at radius 2 is 1.67 bits per heavy atom. The average molecular weight is 456 g/mol. The lowest BCUT2D eigenvalue weighted by atomic mass is 9.97. The van der Waals surface area contributed by atoms with E-state index in [9.17, 15) is 19.5 Å². The molecule has 9 heteroatoms. The lowest BCUT2D eigenvalue weighted by Gasteiger charge is -2.20. The van der Waals surface area contributed by atoms with Gasteiger partial charge in [0, 0.05) is 18.1 Å². The number of methoxy groups -OCH3 is 1. The van der Waals surface area contributed by atoms with E-state index in [0.717, 1.165) is 13.0 Å². The number of hydrogen-bond acceptors (Lipinski definition) is 9. The molecule has 0 spiro atoms. The second-order valence-electron chi connectivity index (χ2n) is 6.86. The van der Waals surface area contributed by atoms with Crippen LogP contribution in [0.5, 0.6) is 0 Å². The average Bonchev–Trinajstić information content (AvgIpc) is 2.61. The van der Waals surface area contributed by atoms with E-state index in [4.69, 9.17) is 14.2 Å². The second-order valence-corrected chi connectivity index (χ2v) is 7.96. The van der Waals surface area contributed by atoms with Gasteiger partial charge in [0.05, 0.1) is 25.4 Å². The van der Waals surface area contributed by atoms with Crippen LogP contribution in [0.2, 0.25) is 0 Å². The van der Waals surface area contributed by atoms with Gasteiger partial charge in [-0.05, 0) is 33.9 Å². The summed E-state index contributed by atoms with van der Waals surface area (Å²) in [6, 6.07) is 0. The Morgan fingerprint density at radius 3 is 2.20 bits per heavy atom. The van der Waals surface area contributed by atoms with E-state index < -0.39 is 30.3 Å². The monoisotopic (exact) mass is 455 g/mol. The van der Waals surface area contributed by atoms with Crippen molar-refractivity contribution in [3.8, 4) is 0 Å². The quantitative estimate of drug-likeness (QED) is 0.183. The van der Waals surface area contributed by atoms with Crippen LogP contribution in [0, 0.1) is 5.41 Å². The van der Waals surface area contributed by atoms with Crippen LogP contribution >= 0.6 is 11.8 Å². The van der Waals surface area contributed by atoms with Gasteiger partial charge in [-0.2, -0.15) is 11.8 Å². The Hall–Kier alpha value is -1.32. The molecule has 0 aromatic rings. The van der Waals surface area contributed by atoms with Crippen molar-refractivity contribution in [1.82, 2.24) is 4.90 Å². The molecule has 0 aliphatic carbocycles. The number of carbonyl (C=O) groups is 3. The van der Waals surface area contributed by atoms with E-state index in [1.165, 1.54) is 18.9 Å². The van der Waals surface area contributed by atoms with E-state index in [0.29, 0.717) is 18.1 Å². The minimum absolute atomic E-state index is 0. The zero-order valence-corrected chi connectivity index (χ0v) is 17.8. The highest BCUT2D eigenvalue weighted by molar-refractivity contribution is 7.99. The highest BCUT2D eigenvalue weighted by Gasteiger charge is 2.28. The zero-order valence-electron chi connectivity index (χ0n) is 17.0. The molecule has 0 radical (unpaired) electrons.